The molecule has 0 bridgehead atoms. The fraction of sp³-hybridized carbons (Fsp3) is 0.348. The zero-order valence-corrected chi connectivity index (χ0v) is 18.6. The molecular weight excluding hydrogens is 442 g/mol. The van der Waals surface area contributed by atoms with Gasteiger partial charge in [-0.05, 0) is 23.8 Å². The number of anilines is 1. The van der Waals surface area contributed by atoms with E-state index in [9.17, 15) is 19.5 Å². The molecule has 1 aromatic carbocycles. The van der Waals surface area contributed by atoms with Gasteiger partial charge in [0.05, 0.1) is 20.1 Å². The first-order valence-electron chi connectivity index (χ1n) is 10.8. The molecule has 0 aliphatic carbocycles. The molecule has 0 unspecified atom stereocenters. The van der Waals surface area contributed by atoms with E-state index in [1.807, 2.05) is 4.90 Å². The summed E-state index contributed by atoms with van der Waals surface area (Å²) in [6, 6.07) is 6.86. The van der Waals surface area contributed by atoms with Gasteiger partial charge in [0.25, 0.3) is 0 Å². The number of piperazine rings is 1. The van der Waals surface area contributed by atoms with Crippen molar-refractivity contribution in [1.82, 2.24) is 20.2 Å². The van der Waals surface area contributed by atoms with E-state index in [0.717, 1.165) is 0 Å². The van der Waals surface area contributed by atoms with Crippen LogP contribution >= 0.6 is 0 Å². The monoisotopic (exact) mass is 467 g/mol. The Labute approximate surface area is 195 Å². The molecule has 178 valence electrons. The summed E-state index contributed by atoms with van der Waals surface area (Å²) in [6.45, 7) is 1.36. The lowest BCUT2D eigenvalue weighted by Crippen LogP contribution is -2.56. The van der Waals surface area contributed by atoms with Crippen LogP contribution in [0, 0.1) is 0 Å². The molecule has 2 aromatic heterocycles. The van der Waals surface area contributed by atoms with E-state index >= 15 is 0 Å². The third-order valence-corrected chi connectivity index (χ3v) is 5.63. The number of fused-ring (bicyclic) bond motifs is 1. The Kier molecular flexibility index (Phi) is 7.02. The van der Waals surface area contributed by atoms with Crippen molar-refractivity contribution in [3.05, 3.63) is 58.7 Å². The van der Waals surface area contributed by atoms with Crippen LogP contribution in [0.2, 0.25) is 0 Å². The lowest BCUT2D eigenvalue weighted by molar-refractivity contribution is -0.137. The second-order valence-electron chi connectivity index (χ2n) is 7.79. The molecule has 34 heavy (non-hydrogen) atoms. The predicted molar refractivity (Wildman–Crippen MR) is 123 cm³/mol. The van der Waals surface area contributed by atoms with E-state index in [1.165, 1.54) is 13.2 Å². The van der Waals surface area contributed by atoms with E-state index in [4.69, 9.17) is 9.15 Å². The summed E-state index contributed by atoms with van der Waals surface area (Å²) in [4.78, 5) is 49.6. The molecule has 11 nitrogen and oxygen atoms in total. The molecule has 11 heteroatoms. The maximum absolute atomic E-state index is 12.9. The van der Waals surface area contributed by atoms with E-state index in [-0.39, 0.29) is 12.3 Å². The summed E-state index contributed by atoms with van der Waals surface area (Å²) >= 11 is 0. The van der Waals surface area contributed by atoms with Crippen LogP contribution in [0.5, 0.6) is 5.75 Å². The number of carbonyl (C=O) groups is 2. The van der Waals surface area contributed by atoms with Crippen molar-refractivity contribution in [1.29, 1.82) is 0 Å². The van der Waals surface area contributed by atoms with E-state index in [1.54, 1.807) is 41.6 Å². The van der Waals surface area contributed by atoms with Gasteiger partial charge in [-0.15, -0.1) is 0 Å². The quantitative estimate of drug-likeness (QED) is 0.458. The molecule has 1 aliphatic rings. The molecule has 0 radical (unpaired) electrons. The van der Waals surface area contributed by atoms with Crippen molar-refractivity contribution in [2.75, 3.05) is 44.8 Å². The average Bonchev–Trinajstić information content (AvgIpc) is 2.87. The lowest BCUT2D eigenvalue weighted by atomic mass is 10.1. The molecule has 2 amide bonds. The Balaban J connectivity index is 1.39. The SMILES string of the molecule is COc1ccc2c(CC(=O)N[C@@H](CO)C(=O)N3CCN(c4ncccn4)CC3)cc(=O)oc2c1. The number of nitrogens with zero attached hydrogens (tertiary/aromatic N) is 4. The van der Waals surface area contributed by atoms with Crippen LogP contribution < -0.4 is 20.6 Å². The van der Waals surface area contributed by atoms with Gasteiger partial charge in [-0.3, -0.25) is 9.59 Å². The molecule has 1 atom stereocenters. The van der Waals surface area contributed by atoms with Crippen molar-refractivity contribution in [3.8, 4) is 5.75 Å². The van der Waals surface area contributed by atoms with Crippen molar-refractivity contribution in [2.24, 2.45) is 0 Å². The lowest BCUT2D eigenvalue weighted by Gasteiger charge is -2.36. The van der Waals surface area contributed by atoms with Gasteiger partial charge in [0.2, 0.25) is 17.8 Å². The molecule has 1 saturated heterocycles. The number of carbonyl (C=O) groups excluding carboxylic acids is 2. The minimum Gasteiger partial charge on any atom is -0.497 e. The summed E-state index contributed by atoms with van der Waals surface area (Å²) in [5, 5.41) is 12.9. The smallest absolute Gasteiger partial charge is 0.336 e. The molecule has 2 N–H and O–H groups in total. The first kappa shape index (κ1) is 23.2. The summed E-state index contributed by atoms with van der Waals surface area (Å²) in [7, 11) is 1.50. The summed E-state index contributed by atoms with van der Waals surface area (Å²) in [5.74, 6) is 0.249. The third kappa shape index (κ3) is 5.15. The van der Waals surface area contributed by atoms with E-state index < -0.39 is 24.2 Å². The van der Waals surface area contributed by atoms with Crippen molar-refractivity contribution >= 4 is 28.7 Å². The van der Waals surface area contributed by atoms with Crippen LogP contribution in [0.25, 0.3) is 11.0 Å². The van der Waals surface area contributed by atoms with Crippen LogP contribution in [-0.4, -0.2) is 77.7 Å². The first-order chi connectivity index (χ1) is 16.5. The number of aromatic nitrogens is 2. The molecule has 4 rings (SSSR count). The molecule has 1 aliphatic heterocycles. The highest BCUT2D eigenvalue weighted by Crippen LogP contribution is 2.23. The van der Waals surface area contributed by atoms with Crippen molar-refractivity contribution < 1.29 is 23.8 Å². The maximum Gasteiger partial charge on any atom is 0.336 e. The Bertz CT molecular complexity index is 1220. The number of aliphatic hydroxyl groups is 1. The fourth-order valence-electron chi connectivity index (χ4n) is 3.89. The number of ether oxygens (including phenoxy) is 1. The average molecular weight is 467 g/mol. The zero-order chi connectivity index (χ0) is 24.1. The second-order valence-corrected chi connectivity index (χ2v) is 7.79. The Morgan fingerprint density at radius 1 is 1.18 bits per heavy atom. The van der Waals surface area contributed by atoms with Crippen molar-refractivity contribution in [2.45, 2.75) is 12.5 Å². The Morgan fingerprint density at radius 2 is 1.91 bits per heavy atom. The minimum absolute atomic E-state index is 0.155. The number of nitrogens with one attached hydrogen (secondary N) is 1. The number of aliphatic hydroxyl groups excluding tert-OH is 1. The highest BCUT2D eigenvalue weighted by molar-refractivity contribution is 5.91. The number of rotatable bonds is 7. The van der Waals surface area contributed by atoms with Crippen LogP contribution in [0.4, 0.5) is 5.95 Å². The van der Waals surface area contributed by atoms with Crippen molar-refractivity contribution in [3.63, 3.8) is 0 Å². The second kappa shape index (κ2) is 10.3. The van der Waals surface area contributed by atoms with E-state index in [0.29, 0.717) is 54.4 Å². The summed E-state index contributed by atoms with van der Waals surface area (Å²) < 4.78 is 10.4. The number of benzene rings is 1. The van der Waals surface area contributed by atoms with Crippen LogP contribution in [0.3, 0.4) is 0 Å². The Hall–Kier alpha value is -3.99. The third-order valence-electron chi connectivity index (χ3n) is 5.63. The predicted octanol–water partition coefficient (Wildman–Crippen LogP) is -0.0400. The summed E-state index contributed by atoms with van der Waals surface area (Å²) in [6.07, 6.45) is 3.17. The van der Waals surface area contributed by atoms with Gasteiger partial charge in [-0.1, -0.05) is 0 Å². The number of hydrogen-bond acceptors (Lipinski definition) is 9. The standard InChI is InChI=1S/C23H25N5O6/c1-33-16-3-4-17-15(12-21(31)34-19(17)13-16)11-20(30)26-18(14-29)22(32)27-7-9-28(10-8-27)23-24-5-2-6-25-23/h2-6,12-13,18,29H,7-11,14H2,1H3,(H,26,30)/t18-/m0/s1. The molecule has 3 heterocycles. The highest BCUT2D eigenvalue weighted by Gasteiger charge is 2.29. The van der Waals surface area contributed by atoms with Crippen LogP contribution in [0.1, 0.15) is 5.56 Å². The van der Waals surface area contributed by atoms with E-state index in [2.05, 4.69) is 15.3 Å². The van der Waals surface area contributed by atoms with Gasteiger partial charge in [0.1, 0.15) is 17.4 Å². The zero-order valence-electron chi connectivity index (χ0n) is 18.6. The Morgan fingerprint density at radius 3 is 2.59 bits per heavy atom. The molecule has 0 saturated carbocycles. The molecular formula is C23H25N5O6. The van der Waals surface area contributed by atoms with Gasteiger partial charge < -0.3 is 29.4 Å². The van der Waals surface area contributed by atoms with Gasteiger partial charge in [-0.2, -0.15) is 0 Å². The molecule has 1 fully saturated rings. The van der Waals surface area contributed by atoms with Crippen LogP contribution in [-0.2, 0) is 16.0 Å². The van der Waals surface area contributed by atoms with Gasteiger partial charge in [0, 0.05) is 56.1 Å². The van der Waals surface area contributed by atoms with Gasteiger partial charge >= 0.3 is 5.63 Å². The van der Waals surface area contributed by atoms with Crippen LogP contribution in [0.15, 0.2) is 51.9 Å². The molecule has 3 aromatic rings. The number of amides is 2. The van der Waals surface area contributed by atoms with Gasteiger partial charge in [-0.25, -0.2) is 14.8 Å². The summed E-state index contributed by atoms with van der Waals surface area (Å²) in [5.41, 5.74) is 0.148. The fourth-order valence-corrected chi connectivity index (χ4v) is 3.89. The first-order valence-corrected chi connectivity index (χ1v) is 10.8. The number of methoxy groups -OCH3 is 1. The van der Waals surface area contributed by atoms with Gasteiger partial charge in [0.15, 0.2) is 0 Å². The molecule has 0 spiro atoms. The maximum atomic E-state index is 12.9. The largest absolute Gasteiger partial charge is 0.497 e. The highest BCUT2D eigenvalue weighted by atomic mass is 16.5. The minimum atomic E-state index is -1.08. The number of hydrogen-bond donors (Lipinski definition) is 2. The normalized spacial score (nSPS) is 14.6. The topological polar surface area (TPSA) is 138 Å².